The molecule has 0 saturated heterocycles. The SMILES string of the molecule is CCCCCCCCCCCc1nnc(CBr)n1C1CC1. The van der Waals surface area contributed by atoms with Crippen molar-refractivity contribution >= 4 is 15.9 Å². The minimum absolute atomic E-state index is 0.695. The highest BCUT2D eigenvalue weighted by atomic mass is 79.9. The molecule has 0 unspecified atom stereocenters. The topological polar surface area (TPSA) is 30.7 Å². The zero-order valence-electron chi connectivity index (χ0n) is 13.5. The molecule has 0 N–H and O–H groups in total. The number of nitrogens with zero attached hydrogens (tertiary/aromatic N) is 3. The molecule has 21 heavy (non-hydrogen) atoms. The molecule has 1 saturated carbocycles. The maximum Gasteiger partial charge on any atom is 0.143 e. The Hall–Kier alpha value is -0.380. The number of alkyl halides is 1. The van der Waals surface area contributed by atoms with E-state index < -0.39 is 0 Å². The number of unbranched alkanes of at least 4 members (excludes halogenated alkanes) is 8. The van der Waals surface area contributed by atoms with Crippen LogP contribution in [0, 0.1) is 0 Å². The number of hydrogen-bond donors (Lipinski definition) is 0. The first-order valence-corrected chi connectivity index (χ1v) is 9.97. The van der Waals surface area contributed by atoms with Crippen molar-refractivity contribution < 1.29 is 0 Å². The molecule has 0 spiro atoms. The monoisotopic (exact) mass is 355 g/mol. The predicted octanol–water partition coefficient (Wildman–Crippen LogP) is 5.58. The van der Waals surface area contributed by atoms with Gasteiger partial charge < -0.3 is 4.57 Å². The molecule has 0 atom stereocenters. The van der Waals surface area contributed by atoms with Crippen LogP contribution in [0.15, 0.2) is 0 Å². The third-order valence-corrected chi connectivity index (χ3v) is 4.87. The highest BCUT2D eigenvalue weighted by Crippen LogP contribution is 2.37. The molecule has 0 amide bonds. The van der Waals surface area contributed by atoms with Gasteiger partial charge in [0, 0.05) is 12.5 Å². The van der Waals surface area contributed by atoms with Crippen LogP contribution in [0.1, 0.15) is 95.2 Å². The lowest BCUT2D eigenvalue weighted by atomic mass is 10.1. The van der Waals surface area contributed by atoms with Gasteiger partial charge in [0.15, 0.2) is 0 Å². The van der Waals surface area contributed by atoms with E-state index in [4.69, 9.17) is 0 Å². The van der Waals surface area contributed by atoms with Gasteiger partial charge in [0.2, 0.25) is 0 Å². The van der Waals surface area contributed by atoms with Crippen LogP contribution >= 0.6 is 15.9 Å². The molecule has 1 heterocycles. The van der Waals surface area contributed by atoms with Gasteiger partial charge in [-0.2, -0.15) is 0 Å². The van der Waals surface area contributed by atoms with E-state index in [2.05, 4.69) is 37.6 Å². The number of aromatic nitrogens is 3. The van der Waals surface area contributed by atoms with E-state index in [0.717, 1.165) is 17.6 Å². The molecular formula is C17H30BrN3. The van der Waals surface area contributed by atoms with E-state index in [1.165, 1.54) is 76.5 Å². The number of hydrogen-bond acceptors (Lipinski definition) is 2. The predicted molar refractivity (Wildman–Crippen MR) is 91.9 cm³/mol. The van der Waals surface area contributed by atoms with Gasteiger partial charge in [0.25, 0.3) is 0 Å². The summed E-state index contributed by atoms with van der Waals surface area (Å²) < 4.78 is 2.39. The maximum absolute atomic E-state index is 4.40. The van der Waals surface area contributed by atoms with Crippen molar-refractivity contribution in [2.24, 2.45) is 0 Å². The van der Waals surface area contributed by atoms with Crippen molar-refractivity contribution in [1.29, 1.82) is 0 Å². The van der Waals surface area contributed by atoms with E-state index in [1.54, 1.807) is 0 Å². The fourth-order valence-corrected chi connectivity index (χ4v) is 3.35. The first-order valence-electron chi connectivity index (χ1n) is 8.85. The maximum atomic E-state index is 4.40. The van der Waals surface area contributed by atoms with Crippen molar-refractivity contribution in [2.45, 2.75) is 95.3 Å². The highest BCUT2D eigenvalue weighted by molar-refractivity contribution is 9.08. The van der Waals surface area contributed by atoms with Crippen LogP contribution in [0.5, 0.6) is 0 Å². The summed E-state index contributed by atoms with van der Waals surface area (Å²) in [6.45, 7) is 2.28. The minimum Gasteiger partial charge on any atom is -0.311 e. The zero-order chi connectivity index (χ0) is 14.9. The van der Waals surface area contributed by atoms with Gasteiger partial charge >= 0.3 is 0 Å². The van der Waals surface area contributed by atoms with Gasteiger partial charge in [-0.3, -0.25) is 0 Å². The lowest BCUT2D eigenvalue weighted by Crippen LogP contribution is -2.05. The summed E-state index contributed by atoms with van der Waals surface area (Å²) >= 11 is 3.52. The van der Waals surface area contributed by atoms with Gasteiger partial charge in [0.05, 0.1) is 5.33 Å². The quantitative estimate of drug-likeness (QED) is 0.361. The fourth-order valence-electron chi connectivity index (χ4n) is 2.97. The molecule has 0 radical (unpaired) electrons. The number of halogens is 1. The summed E-state index contributed by atoms with van der Waals surface area (Å²) in [5, 5.41) is 9.55. The third-order valence-electron chi connectivity index (χ3n) is 4.37. The average molecular weight is 356 g/mol. The summed E-state index contributed by atoms with van der Waals surface area (Å²) in [5.74, 6) is 2.33. The summed E-state index contributed by atoms with van der Waals surface area (Å²) in [5.41, 5.74) is 0. The molecule has 1 aromatic heterocycles. The van der Waals surface area contributed by atoms with Crippen LogP contribution in [-0.4, -0.2) is 14.8 Å². The molecule has 0 aromatic carbocycles. The zero-order valence-corrected chi connectivity index (χ0v) is 15.1. The highest BCUT2D eigenvalue weighted by Gasteiger charge is 2.28. The van der Waals surface area contributed by atoms with E-state index in [1.807, 2.05) is 0 Å². The second kappa shape index (κ2) is 9.60. The Labute approximate surface area is 138 Å². The molecule has 1 fully saturated rings. The molecule has 4 heteroatoms. The van der Waals surface area contributed by atoms with Crippen molar-refractivity contribution in [1.82, 2.24) is 14.8 Å². The number of aryl methyl sites for hydroxylation is 1. The lowest BCUT2D eigenvalue weighted by Gasteiger charge is -2.07. The minimum atomic E-state index is 0.695. The summed E-state index contributed by atoms with van der Waals surface area (Å²) in [7, 11) is 0. The van der Waals surface area contributed by atoms with Crippen LogP contribution in [-0.2, 0) is 11.8 Å². The Morgan fingerprint density at radius 1 is 0.905 bits per heavy atom. The van der Waals surface area contributed by atoms with E-state index in [-0.39, 0.29) is 0 Å². The van der Waals surface area contributed by atoms with Crippen LogP contribution in [0.3, 0.4) is 0 Å². The Kier molecular flexibility index (Phi) is 7.76. The van der Waals surface area contributed by atoms with Crippen molar-refractivity contribution in [3.63, 3.8) is 0 Å². The van der Waals surface area contributed by atoms with Crippen LogP contribution in [0.2, 0.25) is 0 Å². The smallest absolute Gasteiger partial charge is 0.143 e. The number of rotatable bonds is 12. The van der Waals surface area contributed by atoms with E-state index >= 15 is 0 Å². The molecule has 1 aliphatic carbocycles. The van der Waals surface area contributed by atoms with Crippen molar-refractivity contribution in [2.75, 3.05) is 0 Å². The first kappa shape index (κ1) is 17.0. The van der Waals surface area contributed by atoms with Crippen LogP contribution < -0.4 is 0 Å². The standard InChI is InChI=1S/C17H30BrN3/c1-2-3-4-5-6-7-8-9-10-11-16-19-20-17(14-18)21(16)15-12-13-15/h15H,2-14H2,1H3. The Balaban J connectivity index is 1.58. The first-order chi connectivity index (χ1) is 10.4. The third kappa shape index (κ3) is 5.72. The molecule has 0 aliphatic heterocycles. The Morgan fingerprint density at radius 3 is 2.05 bits per heavy atom. The second-order valence-electron chi connectivity index (χ2n) is 6.35. The normalized spacial score (nSPS) is 14.8. The van der Waals surface area contributed by atoms with Gasteiger partial charge in [-0.05, 0) is 19.3 Å². The average Bonchev–Trinajstić information content (AvgIpc) is 3.26. The van der Waals surface area contributed by atoms with E-state index in [0.29, 0.717) is 6.04 Å². The largest absolute Gasteiger partial charge is 0.311 e. The van der Waals surface area contributed by atoms with Crippen LogP contribution in [0.4, 0.5) is 0 Å². The molecule has 1 aromatic rings. The molecule has 120 valence electrons. The fraction of sp³-hybridized carbons (Fsp3) is 0.882. The summed E-state index contributed by atoms with van der Waals surface area (Å²) in [6.07, 6.45) is 16.2. The molecular weight excluding hydrogens is 326 g/mol. The van der Waals surface area contributed by atoms with Crippen molar-refractivity contribution in [3.8, 4) is 0 Å². The molecule has 2 rings (SSSR count). The lowest BCUT2D eigenvalue weighted by molar-refractivity contribution is 0.555. The molecule has 0 bridgehead atoms. The van der Waals surface area contributed by atoms with Gasteiger partial charge in [-0.25, -0.2) is 0 Å². The summed E-state index contributed by atoms with van der Waals surface area (Å²) in [6, 6.07) is 0.695. The van der Waals surface area contributed by atoms with Crippen LogP contribution in [0.25, 0.3) is 0 Å². The van der Waals surface area contributed by atoms with E-state index in [9.17, 15) is 0 Å². The van der Waals surface area contributed by atoms with Gasteiger partial charge in [-0.1, -0.05) is 74.2 Å². The van der Waals surface area contributed by atoms with Gasteiger partial charge in [0.1, 0.15) is 11.6 Å². The summed E-state index contributed by atoms with van der Waals surface area (Å²) in [4.78, 5) is 0. The second-order valence-corrected chi connectivity index (χ2v) is 6.91. The Morgan fingerprint density at radius 2 is 1.48 bits per heavy atom. The molecule has 3 nitrogen and oxygen atoms in total. The molecule has 1 aliphatic rings. The van der Waals surface area contributed by atoms with Gasteiger partial charge in [-0.15, -0.1) is 10.2 Å². The van der Waals surface area contributed by atoms with Crippen molar-refractivity contribution in [3.05, 3.63) is 11.6 Å². The Bertz CT molecular complexity index is 399.